The first-order chi connectivity index (χ1) is 13.1. The molecule has 1 saturated heterocycles. The summed E-state index contributed by atoms with van der Waals surface area (Å²) in [6.45, 7) is 0.818. The van der Waals surface area contributed by atoms with E-state index in [1.54, 1.807) is 0 Å². The van der Waals surface area contributed by atoms with Crippen LogP contribution in [0.2, 0.25) is 5.02 Å². The van der Waals surface area contributed by atoms with Crippen LogP contribution >= 0.6 is 23.4 Å². The molecule has 0 radical (unpaired) electrons. The van der Waals surface area contributed by atoms with Crippen LogP contribution in [0.15, 0.2) is 58.3 Å². The Morgan fingerprint density at radius 2 is 1.81 bits per heavy atom. The molecular weight excluding hydrogens is 386 g/mol. The number of amides is 1. The minimum atomic E-state index is -0.362. The van der Waals surface area contributed by atoms with Crippen molar-refractivity contribution in [2.45, 2.75) is 22.6 Å². The second kappa shape index (κ2) is 9.78. The van der Waals surface area contributed by atoms with E-state index in [4.69, 9.17) is 21.1 Å². The molecule has 1 fully saturated rings. The van der Waals surface area contributed by atoms with Gasteiger partial charge < -0.3 is 14.8 Å². The molecule has 1 aliphatic rings. The van der Waals surface area contributed by atoms with Gasteiger partial charge in [0.2, 0.25) is 0 Å². The van der Waals surface area contributed by atoms with E-state index >= 15 is 0 Å². The molecule has 1 amide bonds. The van der Waals surface area contributed by atoms with Crippen LogP contribution in [0.3, 0.4) is 0 Å². The minimum absolute atomic E-state index is 0.181. The van der Waals surface area contributed by atoms with Crippen LogP contribution in [0, 0.1) is 5.92 Å². The predicted molar refractivity (Wildman–Crippen MR) is 105 cm³/mol. The fourth-order valence-corrected chi connectivity index (χ4v) is 3.69. The van der Waals surface area contributed by atoms with Gasteiger partial charge in [-0.05, 0) is 49.2 Å². The van der Waals surface area contributed by atoms with Gasteiger partial charge in [0.15, 0.2) is 6.61 Å². The second-order valence-corrected chi connectivity index (χ2v) is 7.65. The van der Waals surface area contributed by atoms with Crippen molar-refractivity contribution in [2.75, 3.05) is 25.1 Å². The number of hydrogen-bond acceptors (Lipinski definition) is 5. The highest BCUT2D eigenvalue weighted by Crippen LogP contribution is 2.33. The van der Waals surface area contributed by atoms with Crippen molar-refractivity contribution in [3.63, 3.8) is 0 Å². The average molecular weight is 406 g/mol. The third-order valence-corrected chi connectivity index (χ3v) is 5.44. The maximum atomic E-state index is 12.2. The van der Waals surface area contributed by atoms with Crippen LogP contribution in [0.25, 0.3) is 0 Å². The molecule has 3 rings (SSSR count). The highest BCUT2D eigenvalue weighted by Gasteiger charge is 2.23. The Bertz CT molecular complexity index is 791. The molecule has 27 heavy (non-hydrogen) atoms. The number of carbonyl (C=O) groups excluding carboxylic acids is 2. The molecule has 0 bridgehead atoms. The zero-order chi connectivity index (χ0) is 19.1. The van der Waals surface area contributed by atoms with Crippen LogP contribution in [0.5, 0.6) is 0 Å². The van der Waals surface area contributed by atoms with Crippen molar-refractivity contribution in [1.29, 1.82) is 0 Å². The molecule has 2 aromatic rings. The van der Waals surface area contributed by atoms with E-state index in [-0.39, 0.29) is 24.4 Å². The van der Waals surface area contributed by atoms with Crippen molar-refractivity contribution in [2.24, 2.45) is 5.92 Å². The molecule has 0 aromatic heterocycles. The first-order valence-corrected chi connectivity index (χ1v) is 9.88. The average Bonchev–Trinajstić information content (AvgIpc) is 2.70. The highest BCUT2D eigenvalue weighted by atomic mass is 35.5. The first kappa shape index (κ1) is 19.7. The summed E-state index contributed by atoms with van der Waals surface area (Å²) in [5.41, 5.74) is 0.671. The number of esters is 1. The standard InChI is InChI=1S/C20H20ClNO4S/c21-15-5-7-16(8-6-15)27-18-4-2-1-3-17(18)22-19(23)13-26-20(24)14-9-11-25-12-10-14/h1-8,14H,9-13H2,(H,22,23). The Labute approximate surface area is 167 Å². The van der Waals surface area contributed by atoms with Crippen molar-refractivity contribution in [3.05, 3.63) is 53.6 Å². The van der Waals surface area contributed by atoms with E-state index in [1.807, 2.05) is 48.5 Å². The summed E-state index contributed by atoms with van der Waals surface area (Å²) >= 11 is 7.43. The summed E-state index contributed by atoms with van der Waals surface area (Å²) < 4.78 is 10.4. The molecule has 0 unspecified atom stereocenters. The zero-order valence-corrected chi connectivity index (χ0v) is 16.2. The molecule has 0 spiro atoms. The molecular formula is C20H20ClNO4S. The van der Waals surface area contributed by atoms with Gasteiger partial charge in [0, 0.05) is 28.0 Å². The summed E-state index contributed by atoms with van der Waals surface area (Å²) in [5, 5.41) is 3.49. The van der Waals surface area contributed by atoms with E-state index in [9.17, 15) is 9.59 Å². The smallest absolute Gasteiger partial charge is 0.309 e. The number of ether oxygens (including phenoxy) is 2. The Morgan fingerprint density at radius 3 is 2.56 bits per heavy atom. The predicted octanol–water partition coefficient (Wildman–Crippen LogP) is 4.40. The van der Waals surface area contributed by atoms with Gasteiger partial charge in [-0.15, -0.1) is 0 Å². The SMILES string of the molecule is O=C(COC(=O)C1CCOCC1)Nc1ccccc1Sc1ccc(Cl)cc1. The molecule has 142 valence electrons. The Kier molecular flexibility index (Phi) is 7.15. The maximum absolute atomic E-state index is 12.2. The summed E-state index contributed by atoms with van der Waals surface area (Å²) in [7, 11) is 0. The van der Waals surface area contributed by atoms with Crippen molar-refractivity contribution < 1.29 is 19.1 Å². The molecule has 0 saturated carbocycles. The van der Waals surface area contributed by atoms with Crippen molar-refractivity contribution in [3.8, 4) is 0 Å². The number of hydrogen-bond donors (Lipinski definition) is 1. The van der Waals surface area contributed by atoms with E-state index in [0.29, 0.717) is 36.8 Å². The molecule has 1 aliphatic heterocycles. The fraction of sp³-hybridized carbons (Fsp3) is 0.300. The third-order valence-electron chi connectivity index (χ3n) is 4.10. The van der Waals surface area contributed by atoms with E-state index in [0.717, 1.165) is 9.79 Å². The van der Waals surface area contributed by atoms with Gasteiger partial charge in [0.05, 0.1) is 11.6 Å². The van der Waals surface area contributed by atoms with Gasteiger partial charge in [0.1, 0.15) is 0 Å². The number of benzene rings is 2. The van der Waals surface area contributed by atoms with Gasteiger partial charge in [-0.2, -0.15) is 0 Å². The molecule has 7 heteroatoms. The maximum Gasteiger partial charge on any atom is 0.309 e. The van der Waals surface area contributed by atoms with Crippen LogP contribution in [-0.2, 0) is 19.1 Å². The molecule has 0 aliphatic carbocycles. The molecule has 1 N–H and O–H groups in total. The lowest BCUT2D eigenvalue weighted by molar-refractivity contribution is -0.154. The number of para-hydroxylation sites is 1. The van der Waals surface area contributed by atoms with Crippen LogP contribution in [-0.4, -0.2) is 31.7 Å². The molecule has 1 heterocycles. The molecule has 0 atom stereocenters. The van der Waals surface area contributed by atoms with Gasteiger partial charge >= 0.3 is 5.97 Å². The molecule has 2 aromatic carbocycles. The largest absolute Gasteiger partial charge is 0.455 e. The van der Waals surface area contributed by atoms with Gasteiger partial charge in [-0.25, -0.2) is 0 Å². The van der Waals surface area contributed by atoms with Gasteiger partial charge in [-0.3, -0.25) is 9.59 Å². The third kappa shape index (κ3) is 5.99. The second-order valence-electron chi connectivity index (χ2n) is 6.09. The number of halogens is 1. The van der Waals surface area contributed by atoms with Crippen LogP contribution in [0.4, 0.5) is 5.69 Å². The van der Waals surface area contributed by atoms with Crippen molar-refractivity contribution in [1.82, 2.24) is 0 Å². The van der Waals surface area contributed by atoms with E-state index in [2.05, 4.69) is 5.32 Å². The lowest BCUT2D eigenvalue weighted by Gasteiger charge is -2.20. The van der Waals surface area contributed by atoms with E-state index in [1.165, 1.54) is 11.8 Å². The van der Waals surface area contributed by atoms with Crippen LogP contribution in [0.1, 0.15) is 12.8 Å². The quantitative estimate of drug-likeness (QED) is 0.721. The summed E-state index contributed by atoms with van der Waals surface area (Å²) in [5.74, 6) is -0.879. The van der Waals surface area contributed by atoms with Crippen molar-refractivity contribution >= 4 is 40.9 Å². The monoisotopic (exact) mass is 405 g/mol. The minimum Gasteiger partial charge on any atom is -0.455 e. The fourth-order valence-electron chi connectivity index (χ4n) is 2.66. The zero-order valence-electron chi connectivity index (χ0n) is 14.7. The summed E-state index contributed by atoms with van der Waals surface area (Å²) in [4.78, 5) is 26.1. The number of anilines is 1. The lowest BCUT2D eigenvalue weighted by Crippen LogP contribution is -2.28. The Hall–Kier alpha value is -2.02. The lowest BCUT2D eigenvalue weighted by atomic mass is 10.0. The Balaban J connectivity index is 1.56. The van der Waals surface area contributed by atoms with Gasteiger partial charge in [0.25, 0.3) is 5.91 Å². The summed E-state index contributed by atoms with van der Waals surface area (Å²) in [6.07, 6.45) is 1.28. The summed E-state index contributed by atoms with van der Waals surface area (Å²) in [6, 6.07) is 15.0. The normalized spacial score (nSPS) is 14.6. The number of carbonyl (C=O) groups is 2. The van der Waals surface area contributed by atoms with Crippen LogP contribution < -0.4 is 5.32 Å². The van der Waals surface area contributed by atoms with Gasteiger partial charge in [-0.1, -0.05) is 35.5 Å². The Morgan fingerprint density at radius 1 is 1.11 bits per heavy atom. The highest BCUT2D eigenvalue weighted by molar-refractivity contribution is 7.99. The number of rotatable bonds is 6. The topological polar surface area (TPSA) is 64.6 Å². The first-order valence-electron chi connectivity index (χ1n) is 8.68. The number of nitrogens with one attached hydrogen (secondary N) is 1. The van der Waals surface area contributed by atoms with E-state index < -0.39 is 0 Å². The molecule has 5 nitrogen and oxygen atoms in total.